The first-order chi connectivity index (χ1) is 39.6. The first-order valence-electron chi connectivity index (χ1n) is 31.5. The molecule has 1 heterocycles. The number of carbonyl (C=O) groups excluding carboxylic acids is 3. The lowest BCUT2D eigenvalue weighted by Gasteiger charge is -2.40. The first kappa shape index (κ1) is 74.1. The van der Waals surface area contributed by atoms with Gasteiger partial charge in [-0.25, -0.2) is 4.79 Å². The van der Waals surface area contributed by atoms with Gasteiger partial charge in [0.25, 0.3) is 0 Å². The molecule has 6 unspecified atom stereocenters. The Kier molecular flexibility index (Phi) is 50.9. The summed E-state index contributed by atoms with van der Waals surface area (Å²) in [5.41, 5.74) is 0. The van der Waals surface area contributed by atoms with Crippen molar-refractivity contribution in [1.82, 2.24) is 0 Å². The molecule has 458 valence electrons. The van der Waals surface area contributed by atoms with E-state index in [2.05, 4.69) is 136 Å². The molecule has 1 fully saturated rings. The van der Waals surface area contributed by atoms with Crippen molar-refractivity contribution in [3.05, 3.63) is 122 Å². The highest BCUT2D eigenvalue weighted by Gasteiger charge is 2.50. The summed E-state index contributed by atoms with van der Waals surface area (Å²) >= 11 is 0. The minimum atomic E-state index is -1.92. The van der Waals surface area contributed by atoms with Gasteiger partial charge in [-0.2, -0.15) is 0 Å². The van der Waals surface area contributed by atoms with E-state index in [-0.39, 0.29) is 25.9 Å². The fraction of sp³-hybridized carbons (Fsp3) is 0.652. The topological polar surface area (TPSA) is 175 Å². The van der Waals surface area contributed by atoms with Crippen LogP contribution in [0.3, 0.4) is 0 Å². The van der Waals surface area contributed by atoms with Gasteiger partial charge >= 0.3 is 23.9 Å². The molecular formula is C69H110O12. The van der Waals surface area contributed by atoms with Gasteiger partial charge in [-0.1, -0.05) is 219 Å². The molecule has 0 bridgehead atoms. The maximum atomic E-state index is 13.2. The number of carbonyl (C=O) groups is 4. The van der Waals surface area contributed by atoms with Gasteiger partial charge < -0.3 is 39.0 Å². The zero-order valence-corrected chi connectivity index (χ0v) is 50.5. The zero-order valence-electron chi connectivity index (χ0n) is 50.5. The quantitative estimate of drug-likeness (QED) is 0.0228. The summed E-state index contributed by atoms with van der Waals surface area (Å²) in [7, 11) is 0. The summed E-state index contributed by atoms with van der Waals surface area (Å²) in [6.07, 6.45) is 64.6. The number of unbranched alkanes of at least 4 members (excludes halogenated alkanes) is 18. The molecule has 12 nitrogen and oxygen atoms in total. The summed E-state index contributed by atoms with van der Waals surface area (Å²) in [6.45, 7) is 5.68. The molecule has 0 spiro atoms. The number of allylic oxidation sites excluding steroid dienone is 20. The number of aliphatic carboxylic acids is 1. The molecule has 0 aromatic heterocycles. The van der Waals surface area contributed by atoms with Gasteiger partial charge in [0.1, 0.15) is 18.8 Å². The summed E-state index contributed by atoms with van der Waals surface area (Å²) in [4.78, 5) is 51.2. The molecule has 6 atom stereocenters. The third-order valence-electron chi connectivity index (χ3n) is 13.5. The predicted molar refractivity (Wildman–Crippen MR) is 330 cm³/mol. The predicted octanol–water partition coefficient (Wildman–Crippen LogP) is 16.8. The van der Waals surface area contributed by atoms with Crippen LogP contribution in [-0.2, 0) is 42.9 Å². The third kappa shape index (κ3) is 45.3. The Hall–Kier alpha value is -4.88. The molecule has 1 aliphatic rings. The van der Waals surface area contributed by atoms with Crippen LogP contribution in [0.25, 0.3) is 0 Å². The highest BCUT2D eigenvalue weighted by atomic mass is 16.7. The van der Waals surface area contributed by atoms with Crippen molar-refractivity contribution in [2.75, 3.05) is 13.2 Å². The SMILES string of the molecule is CC/C=C\C/C=C\C/C=C\C/C=C\C/C=C\CCCC(=O)OCC(COC1OC(C(=O)O)C(O)C(O)C1OC(=O)CCCCCCCCCCC/C=C\CCCCCCCC)OC(=O)CCCC/C=C\C/C=C\C/C=C\C/C=C\CC. The molecule has 12 heteroatoms. The van der Waals surface area contributed by atoms with Gasteiger partial charge in [-0.3, -0.25) is 14.4 Å². The molecule has 0 saturated carbocycles. The number of rotatable bonds is 52. The van der Waals surface area contributed by atoms with Crippen molar-refractivity contribution in [2.24, 2.45) is 0 Å². The Labute approximate surface area is 490 Å². The van der Waals surface area contributed by atoms with Crippen molar-refractivity contribution in [3.8, 4) is 0 Å². The Morgan fingerprint density at radius 3 is 1.26 bits per heavy atom. The lowest BCUT2D eigenvalue weighted by Crippen LogP contribution is -2.61. The molecule has 0 aromatic carbocycles. The van der Waals surface area contributed by atoms with Crippen LogP contribution in [0.1, 0.15) is 239 Å². The molecule has 3 N–H and O–H groups in total. The lowest BCUT2D eigenvalue weighted by atomic mass is 9.98. The fourth-order valence-electron chi connectivity index (χ4n) is 8.74. The van der Waals surface area contributed by atoms with Crippen molar-refractivity contribution in [2.45, 2.75) is 276 Å². The fourth-order valence-corrected chi connectivity index (χ4v) is 8.74. The minimum absolute atomic E-state index is 0.0420. The molecule has 0 aromatic rings. The van der Waals surface area contributed by atoms with E-state index in [0.29, 0.717) is 25.7 Å². The van der Waals surface area contributed by atoms with Crippen LogP contribution in [-0.4, -0.2) is 89.2 Å². The van der Waals surface area contributed by atoms with E-state index >= 15 is 0 Å². The van der Waals surface area contributed by atoms with Crippen molar-refractivity contribution in [1.29, 1.82) is 0 Å². The summed E-state index contributed by atoms with van der Waals surface area (Å²) in [5, 5.41) is 31.6. The number of carboxylic acids is 1. The van der Waals surface area contributed by atoms with Crippen LogP contribution in [0.4, 0.5) is 0 Å². The summed E-state index contributed by atoms with van der Waals surface area (Å²) in [5.74, 6) is -3.27. The molecule has 0 amide bonds. The van der Waals surface area contributed by atoms with E-state index in [1.807, 2.05) is 6.08 Å². The largest absolute Gasteiger partial charge is 0.479 e. The lowest BCUT2D eigenvalue weighted by molar-refractivity contribution is -0.301. The second-order valence-corrected chi connectivity index (χ2v) is 20.9. The van der Waals surface area contributed by atoms with Crippen LogP contribution < -0.4 is 0 Å². The van der Waals surface area contributed by atoms with E-state index in [9.17, 15) is 34.5 Å². The monoisotopic (exact) mass is 1130 g/mol. The smallest absolute Gasteiger partial charge is 0.335 e. The number of aliphatic hydroxyl groups is 2. The van der Waals surface area contributed by atoms with Crippen molar-refractivity contribution in [3.63, 3.8) is 0 Å². The van der Waals surface area contributed by atoms with Crippen molar-refractivity contribution < 1.29 is 58.2 Å². The van der Waals surface area contributed by atoms with Crippen LogP contribution in [0, 0.1) is 0 Å². The molecular weight excluding hydrogens is 1020 g/mol. The Morgan fingerprint density at radius 1 is 0.420 bits per heavy atom. The molecule has 0 radical (unpaired) electrons. The molecule has 1 aliphatic heterocycles. The normalized spacial score (nSPS) is 18.6. The van der Waals surface area contributed by atoms with Gasteiger partial charge in [-0.15, -0.1) is 0 Å². The summed E-state index contributed by atoms with van der Waals surface area (Å²) in [6, 6.07) is 0. The maximum absolute atomic E-state index is 13.2. The Morgan fingerprint density at radius 2 is 0.790 bits per heavy atom. The number of aliphatic hydroxyl groups excluding tert-OH is 2. The molecule has 81 heavy (non-hydrogen) atoms. The third-order valence-corrected chi connectivity index (χ3v) is 13.5. The van der Waals surface area contributed by atoms with E-state index < -0.39 is 67.3 Å². The Balaban J connectivity index is 2.72. The minimum Gasteiger partial charge on any atom is -0.479 e. The van der Waals surface area contributed by atoms with Crippen LogP contribution >= 0.6 is 0 Å². The molecule has 1 rings (SSSR count). The van der Waals surface area contributed by atoms with Crippen LogP contribution in [0.2, 0.25) is 0 Å². The van der Waals surface area contributed by atoms with E-state index in [0.717, 1.165) is 103 Å². The van der Waals surface area contributed by atoms with Gasteiger partial charge in [0, 0.05) is 19.3 Å². The molecule has 0 aliphatic carbocycles. The number of ether oxygens (including phenoxy) is 5. The van der Waals surface area contributed by atoms with E-state index in [1.54, 1.807) is 0 Å². The van der Waals surface area contributed by atoms with E-state index in [4.69, 9.17) is 23.7 Å². The number of hydrogen-bond acceptors (Lipinski definition) is 11. The summed E-state index contributed by atoms with van der Waals surface area (Å²) < 4.78 is 28.4. The standard InChI is InChI=1S/C69H110O12/c1-4-7-10-13-16-19-22-25-28-30-31-33-36-39-42-45-48-51-54-57-63(72)80-67-65(74)64(73)66(68(75)76)81-69(67)78-59-60(79-62(71)56-53-50-47-44-41-38-34-27-24-21-18-15-12-9-6-3)58-77-61(70)55-52-49-46-43-40-37-35-32-29-26-23-20-17-14-11-8-5-2/h8-9,11-12,17-18,20-21,25-29,34-35,37,41,43-44,46,60,64-67,69,73-74H,4-7,10,13-16,19,22-24,30-33,36,38-40,42,45,47-59H2,1-3H3,(H,75,76)/b11-8-,12-9-,20-17-,21-18-,28-25-,29-26-,34-27-,37-35-,44-41-,46-43-. The van der Waals surface area contributed by atoms with Gasteiger partial charge in [0.15, 0.2) is 24.6 Å². The number of hydrogen-bond donors (Lipinski definition) is 3. The van der Waals surface area contributed by atoms with Gasteiger partial charge in [0.2, 0.25) is 0 Å². The Bertz CT molecular complexity index is 1870. The zero-order chi connectivity index (χ0) is 58.9. The van der Waals surface area contributed by atoms with Crippen molar-refractivity contribution >= 4 is 23.9 Å². The number of carboxylic acid groups (broad SMARTS) is 1. The highest BCUT2D eigenvalue weighted by molar-refractivity contribution is 5.74. The second-order valence-electron chi connectivity index (χ2n) is 20.9. The average molecular weight is 1130 g/mol. The second kappa shape index (κ2) is 55.6. The first-order valence-corrected chi connectivity index (χ1v) is 31.5. The highest BCUT2D eigenvalue weighted by Crippen LogP contribution is 2.26. The number of esters is 3. The van der Waals surface area contributed by atoms with Gasteiger partial charge in [-0.05, 0) is 122 Å². The van der Waals surface area contributed by atoms with Gasteiger partial charge in [0.05, 0.1) is 6.61 Å². The average Bonchev–Trinajstić information content (AvgIpc) is 3.53. The maximum Gasteiger partial charge on any atom is 0.335 e. The van der Waals surface area contributed by atoms with Crippen LogP contribution in [0.15, 0.2) is 122 Å². The molecule has 1 saturated heterocycles. The van der Waals surface area contributed by atoms with E-state index in [1.165, 1.54) is 70.6 Å². The van der Waals surface area contributed by atoms with Crippen LogP contribution in [0.5, 0.6) is 0 Å².